The first-order valence-electron chi connectivity index (χ1n) is 7.33. The molecule has 0 aromatic heterocycles. The number of carbonyl (C=O) groups excluding carboxylic acids is 1. The largest absolute Gasteiger partial charge is 0.338 e. The van der Waals surface area contributed by atoms with Crippen molar-refractivity contribution in [3.05, 3.63) is 0 Å². The molecule has 1 aliphatic carbocycles. The van der Waals surface area contributed by atoms with Gasteiger partial charge in [0.2, 0.25) is 0 Å². The third-order valence-electron chi connectivity index (χ3n) is 4.31. The molecule has 2 fully saturated rings. The molecule has 104 valence electrons. The highest BCUT2D eigenvalue weighted by Crippen LogP contribution is 2.37. The van der Waals surface area contributed by atoms with E-state index in [0.717, 1.165) is 37.9 Å². The summed E-state index contributed by atoms with van der Waals surface area (Å²) in [4.78, 5) is 14.0. The van der Waals surface area contributed by atoms with Gasteiger partial charge in [-0.2, -0.15) is 11.8 Å². The lowest BCUT2D eigenvalue weighted by Crippen LogP contribution is -2.39. The van der Waals surface area contributed by atoms with E-state index in [9.17, 15) is 4.79 Å². The summed E-state index contributed by atoms with van der Waals surface area (Å²) in [5.41, 5.74) is 0. The molecule has 3 nitrogen and oxygen atoms in total. The lowest BCUT2D eigenvalue weighted by atomic mass is 10.0. The van der Waals surface area contributed by atoms with Gasteiger partial charge >= 0.3 is 6.03 Å². The Morgan fingerprint density at radius 1 is 1.22 bits per heavy atom. The van der Waals surface area contributed by atoms with E-state index in [-0.39, 0.29) is 6.03 Å². The van der Waals surface area contributed by atoms with Gasteiger partial charge in [-0.05, 0) is 49.5 Å². The van der Waals surface area contributed by atoms with E-state index in [0.29, 0.717) is 0 Å². The number of fused-ring (bicyclic) bond motifs is 1. The van der Waals surface area contributed by atoms with E-state index in [1.54, 1.807) is 0 Å². The van der Waals surface area contributed by atoms with Crippen molar-refractivity contribution in [3.63, 3.8) is 0 Å². The van der Waals surface area contributed by atoms with E-state index < -0.39 is 0 Å². The zero-order valence-corrected chi connectivity index (χ0v) is 12.3. The molecule has 0 radical (unpaired) electrons. The number of nitrogens with one attached hydrogen (secondary N) is 1. The highest BCUT2D eigenvalue weighted by Gasteiger charge is 2.37. The molecule has 1 saturated heterocycles. The molecule has 0 aromatic carbocycles. The summed E-state index contributed by atoms with van der Waals surface area (Å²) in [6, 6.07) is 0.175. The lowest BCUT2D eigenvalue weighted by Gasteiger charge is -2.18. The minimum atomic E-state index is 0.175. The van der Waals surface area contributed by atoms with E-state index in [4.69, 9.17) is 0 Å². The van der Waals surface area contributed by atoms with Gasteiger partial charge in [-0.25, -0.2) is 4.79 Å². The van der Waals surface area contributed by atoms with Crippen molar-refractivity contribution in [1.82, 2.24) is 10.2 Å². The molecule has 2 aliphatic rings. The number of hydrogen-bond donors (Lipinski definition) is 1. The summed E-state index contributed by atoms with van der Waals surface area (Å²) in [6.45, 7) is 2.85. The van der Waals surface area contributed by atoms with Crippen molar-refractivity contribution >= 4 is 17.8 Å². The molecule has 1 saturated carbocycles. The minimum absolute atomic E-state index is 0.175. The molecule has 4 heteroatoms. The van der Waals surface area contributed by atoms with Crippen molar-refractivity contribution in [1.29, 1.82) is 0 Å². The van der Waals surface area contributed by atoms with Gasteiger partial charge < -0.3 is 10.2 Å². The van der Waals surface area contributed by atoms with Crippen LogP contribution in [0.2, 0.25) is 0 Å². The monoisotopic (exact) mass is 270 g/mol. The Kier molecular flexibility index (Phi) is 5.67. The maximum atomic E-state index is 12.0. The first-order valence-corrected chi connectivity index (χ1v) is 8.72. The SMILES string of the molecule is CSCCCCCNC(=O)N1CC2CCCC2C1. The predicted octanol–water partition coefficient (Wildman–Crippen LogP) is 2.96. The van der Waals surface area contributed by atoms with Crippen LogP contribution in [0.3, 0.4) is 0 Å². The number of unbranched alkanes of at least 4 members (excludes halogenated alkanes) is 2. The zero-order chi connectivity index (χ0) is 12.8. The second-order valence-corrected chi connectivity index (χ2v) is 6.63. The minimum Gasteiger partial charge on any atom is -0.338 e. The Morgan fingerprint density at radius 2 is 1.94 bits per heavy atom. The van der Waals surface area contributed by atoms with Gasteiger partial charge in [0, 0.05) is 19.6 Å². The Labute approximate surface area is 115 Å². The summed E-state index contributed by atoms with van der Waals surface area (Å²) in [7, 11) is 0. The molecule has 2 unspecified atom stereocenters. The molecule has 1 aliphatic heterocycles. The molecule has 0 spiro atoms. The molecular formula is C14H26N2OS. The van der Waals surface area contributed by atoms with Crippen LogP contribution in [0.25, 0.3) is 0 Å². The van der Waals surface area contributed by atoms with Crippen LogP contribution >= 0.6 is 11.8 Å². The fourth-order valence-corrected chi connectivity index (χ4v) is 3.75. The molecule has 1 N–H and O–H groups in total. The number of carbonyl (C=O) groups is 1. The molecule has 0 bridgehead atoms. The van der Waals surface area contributed by atoms with Crippen LogP contribution < -0.4 is 5.32 Å². The molecule has 18 heavy (non-hydrogen) atoms. The summed E-state index contributed by atoms with van der Waals surface area (Å²) < 4.78 is 0. The fraction of sp³-hybridized carbons (Fsp3) is 0.929. The highest BCUT2D eigenvalue weighted by atomic mass is 32.2. The molecule has 0 aromatic rings. The number of hydrogen-bond acceptors (Lipinski definition) is 2. The van der Waals surface area contributed by atoms with Gasteiger partial charge in [0.05, 0.1) is 0 Å². The van der Waals surface area contributed by atoms with Gasteiger partial charge in [0.15, 0.2) is 0 Å². The zero-order valence-electron chi connectivity index (χ0n) is 11.5. The first kappa shape index (κ1) is 14.0. The van der Waals surface area contributed by atoms with Crippen LogP contribution in [0, 0.1) is 11.8 Å². The third-order valence-corrected chi connectivity index (χ3v) is 5.01. The highest BCUT2D eigenvalue weighted by molar-refractivity contribution is 7.98. The van der Waals surface area contributed by atoms with E-state index >= 15 is 0 Å². The van der Waals surface area contributed by atoms with Gasteiger partial charge in [-0.1, -0.05) is 12.8 Å². The standard InChI is InChI=1S/C14H26N2OS/c1-18-9-4-2-3-8-15-14(17)16-10-12-6-5-7-13(12)11-16/h12-13H,2-11H2,1H3,(H,15,17). The Balaban J connectivity index is 1.55. The van der Waals surface area contributed by atoms with Crippen molar-refractivity contribution in [2.75, 3.05) is 31.6 Å². The Bertz CT molecular complexity index is 261. The topological polar surface area (TPSA) is 32.3 Å². The van der Waals surface area contributed by atoms with Gasteiger partial charge in [0.25, 0.3) is 0 Å². The second kappa shape index (κ2) is 7.27. The molecule has 2 amide bonds. The number of likely N-dealkylation sites (tertiary alicyclic amines) is 1. The fourth-order valence-electron chi connectivity index (χ4n) is 3.26. The van der Waals surface area contributed by atoms with Crippen molar-refractivity contribution in [3.8, 4) is 0 Å². The average molecular weight is 270 g/mol. The lowest BCUT2D eigenvalue weighted by molar-refractivity contribution is 0.205. The van der Waals surface area contributed by atoms with Crippen molar-refractivity contribution in [2.45, 2.75) is 38.5 Å². The first-order chi connectivity index (χ1) is 8.81. The maximum absolute atomic E-state index is 12.0. The van der Waals surface area contributed by atoms with Crippen LogP contribution in [0.1, 0.15) is 38.5 Å². The van der Waals surface area contributed by atoms with Crippen LogP contribution in [0.5, 0.6) is 0 Å². The van der Waals surface area contributed by atoms with E-state index in [1.807, 2.05) is 16.7 Å². The molecule has 1 heterocycles. The van der Waals surface area contributed by atoms with E-state index in [2.05, 4.69) is 11.6 Å². The van der Waals surface area contributed by atoms with Crippen LogP contribution in [-0.2, 0) is 0 Å². The number of thioether (sulfide) groups is 1. The van der Waals surface area contributed by atoms with Crippen LogP contribution in [-0.4, -0.2) is 42.6 Å². The van der Waals surface area contributed by atoms with Gasteiger partial charge in [-0.3, -0.25) is 0 Å². The summed E-state index contributed by atoms with van der Waals surface area (Å²) in [5.74, 6) is 2.85. The maximum Gasteiger partial charge on any atom is 0.317 e. The normalized spacial score (nSPS) is 26.4. The predicted molar refractivity (Wildman–Crippen MR) is 78.0 cm³/mol. The number of rotatable bonds is 6. The van der Waals surface area contributed by atoms with E-state index in [1.165, 1.54) is 37.9 Å². The number of nitrogens with zero attached hydrogens (tertiary/aromatic N) is 1. The quantitative estimate of drug-likeness (QED) is 0.753. The molecule has 2 atom stereocenters. The smallest absolute Gasteiger partial charge is 0.317 e. The molecule has 2 rings (SSSR count). The molecular weight excluding hydrogens is 244 g/mol. The van der Waals surface area contributed by atoms with Gasteiger partial charge in [0.1, 0.15) is 0 Å². The van der Waals surface area contributed by atoms with Gasteiger partial charge in [-0.15, -0.1) is 0 Å². The Hall–Kier alpha value is -0.380. The summed E-state index contributed by atoms with van der Waals surface area (Å²) in [6.07, 6.45) is 9.81. The number of amides is 2. The average Bonchev–Trinajstić information content (AvgIpc) is 2.93. The number of urea groups is 1. The van der Waals surface area contributed by atoms with Crippen LogP contribution in [0.4, 0.5) is 4.79 Å². The summed E-state index contributed by atoms with van der Waals surface area (Å²) >= 11 is 1.90. The van der Waals surface area contributed by atoms with Crippen LogP contribution in [0.15, 0.2) is 0 Å². The summed E-state index contributed by atoms with van der Waals surface area (Å²) in [5, 5.41) is 3.07. The van der Waals surface area contributed by atoms with Crippen molar-refractivity contribution < 1.29 is 4.79 Å². The van der Waals surface area contributed by atoms with Crippen molar-refractivity contribution in [2.24, 2.45) is 11.8 Å². The third kappa shape index (κ3) is 3.81. The second-order valence-electron chi connectivity index (χ2n) is 5.64. The Morgan fingerprint density at radius 3 is 2.61 bits per heavy atom.